The first-order valence-corrected chi connectivity index (χ1v) is 14.2. The van der Waals surface area contributed by atoms with Gasteiger partial charge in [-0.05, 0) is 54.7 Å². The molecule has 216 valence electrons. The van der Waals surface area contributed by atoms with Crippen LogP contribution >= 0.6 is 0 Å². The summed E-state index contributed by atoms with van der Waals surface area (Å²) in [6, 6.07) is 14.5. The third kappa shape index (κ3) is 10.2. The fourth-order valence-electron chi connectivity index (χ4n) is 4.53. The van der Waals surface area contributed by atoms with Crippen LogP contribution in [0.15, 0.2) is 48.5 Å². The van der Waals surface area contributed by atoms with Crippen molar-refractivity contribution in [1.29, 1.82) is 0 Å². The van der Waals surface area contributed by atoms with Gasteiger partial charge in [0.1, 0.15) is 5.75 Å². The lowest BCUT2D eigenvalue weighted by molar-refractivity contribution is -0.307. The molecule has 1 aliphatic heterocycles. The zero-order valence-corrected chi connectivity index (χ0v) is 23.0. The zero-order chi connectivity index (χ0) is 28.1. The van der Waals surface area contributed by atoms with Gasteiger partial charge < -0.3 is 18.9 Å². The van der Waals surface area contributed by atoms with Crippen LogP contribution in [0.2, 0.25) is 0 Å². The van der Waals surface area contributed by atoms with Gasteiger partial charge >= 0.3 is 12.1 Å². The first-order valence-electron chi connectivity index (χ1n) is 14.2. The number of alkyl halides is 3. The quantitative estimate of drug-likeness (QED) is 0.164. The predicted molar refractivity (Wildman–Crippen MR) is 145 cm³/mol. The van der Waals surface area contributed by atoms with E-state index >= 15 is 0 Å². The molecule has 0 amide bonds. The van der Waals surface area contributed by atoms with Crippen LogP contribution in [0.1, 0.15) is 88.4 Å². The summed E-state index contributed by atoms with van der Waals surface area (Å²) < 4.78 is 62.7. The molecule has 1 aliphatic rings. The summed E-state index contributed by atoms with van der Waals surface area (Å²) in [6.07, 6.45) is -0.599. The van der Waals surface area contributed by atoms with Crippen molar-refractivity contribution in [2.75, 3.05) is 13.2 Å². The number of ether oxygens (including phenoxy) is 4. The molecule has 0 saturated carbocycles. The lowest BCUT2D eigenvalue weighted by Crippen LogP contribution is -2.50. The summed E-state index contributed by atoms with van der Waals surface area (Å²) in [6.45, 7) is 5.19. The maximum atomic E-state index is 13.6. The summed E-state index contributed by atoms with van der Waals surface area (Å²) >= 11 is 0. The van der Waals surface area contributed by atoms with E-state index in [1.807, 2.05) is 24.3 Å². The van der Waals surface area contributed by atoms with Crippen molar-refractivity contribution in [1.82, 2.24) is 0 Å². The van der Waals surface area contributed by atoms with Gasteiger partial charge in [0.2, 0.25) is 6.29 Å². The summed E-state index contributed by atoms with van der Waals surface area (Å²) in [4.78, 5) is 12.7. The van der Waals surface area contributed by atoms with E-state index in [0.29, 0.717) is 13.0 Å². The van der Waals surface area contributed by atoms with Gasteiger partial charge in [-0.15, -0.1) is 0 Å². The van der Waals surface area contributed by atoms with Crippen LogP contribution in [0.3, 0.4) is 0 Å². The van der Waals surface area contributed by atoms with E-state index in [2.05, 4.69) is 13.8 Å². The smallest absolute Gasteiger partial charge is 0.417 e. The Kier molecular flexibility index (Phi) is 12.6. The molecule has 1 fully saturated rings. The average Bonchev–Trinajstić information content (AvgIpc) is 2.93. The molecule has 1 saturated heterocycles. The second kappa shape index (κ2) is 15.9. The number of halogens is 3. The second-order valence-corrected chi connectivity index (χ2v) is 9.99. The van der Waals surface area contributed by atoms with Crippen LogP contribution in [0.25, 0.3) is 11.1 Å². The van der Waals surface area contributed by atoms with E-state index in [0.717, 1.165) is 49.0 Å². The molecular weight excluding hydrogens is 509 g/mol. The Balaban J connectivity index is 1.50. The first-order chi connectivity index (χ1) is 18.8. The molecule has 0 N–H and O–H groups in total. The van der Waals surface area contributed by atoms with Crippen molar-refractivity contribution in [2.45, 2.75) is 103 Å². The Morgan fingerprint density at radius 2 is 1.41 bits per heavy atom. The van der Waals surface area contributed by atoms with E-state index in [-0.39, 0.29) is 25.0 Å². The van der Waals surface area contributed by atoms with Gasteiger partial charge in [-0.25, -0.2) is 4.79 Å². The van der Waals surface area contributed by atoms with Crippen molar-refractivity contribution in [3.05, 3.63) is 54.1 Å². The molecule has 39 heavy (non-hydrogen) atoms. The minimum atomic E-state index is -4.61. The number of hydrogen-bond donors (Lipinski definition) is 0. The molecule has 0 aliphatic carbocycles. The van der Waals surface area contributed by atoms with Crippen LogP contribution in [-0.2, 0) is 14.2 Å². The summed E-state index contributed by atoms with van der Waals surface area (Å²) in [5.41, 5.74) is 2.09. The molecule has 1 heterocycles. The molecule has 2 aromatic rings. The van der Waals surface area contributed by atoms with Gasteiger partial charge in [-0.3, -0.25) is 0 Å². The van der Waals surface area contributed by atoms with Crippen molar-refractivity contribution in [3.63, 3.8) is 0 Å². The second-order valence-electron chi connectivity index (χ2n) is 9.99. The van der Waals surface area contributed by atoms with Crippen molar-refractivity contribution < 1.29 is 36.9 Å². The van der Waals surface area contributed by atoms with Crippen LogP contribution in [0.4, 0.5) is 13.2 Å². The van der Waals surface area contributed by atoms with Gasteiger partial charge in [0.25, 0.3) is 0 Å². The van der Waals surface area contributed by atoms with E-state index < -0.39 is 30.6 Å². The first kappa shape index (κ1) is 31.0. The predicted octanol–water partition coefficient (Wildman–Crippen LogP) is 8.50. The van der Waals surface area contributed by atoms with E-state index in [1.54, 1.807) is 24.3 Å². The maximum absolute atomic E-state index is 13.6. The van der Waals surface area contributed by atoms with Gasteiger partial charge in [-0.2, -0.15) is 13.2 Å². The average molecular weight is 551 g/mol. The molecular formula is C31H41F3O5. The van der Waals surface area contributed by atoms with E-state index in [4.69, 9.17) is 18.9 Å². The van der Waals surface area contributed by atoms with E-state index in [1.165, 1.54) is 12.8 Å². The Morgan fingerprint density at radius 1 is 0.821 bits per heavy atom. The molecule has 0 aromatic heterocycles. The Morgan fingerprint density at radius 3 is 2.00 bits per heavy atom. The number of carbonyl (C=O) groups excluding carboxylic acids is 1. The number of benzene rings is 2. The molecule has 3 rings (SSSR count). The number of hydrogen-bond acceptors (Lipinski definition) is 5. The van der Waals surface area contributed by atoms with Crippen LogP contribution in [-0.4, -0.2) is 43.9 Å². The molecule has 5 nitrogen and oxygen atoms in total. The minimum Gasteiger partial charge on any atom is -0.494 e. The van der Waals surface area contributed by atoms with Gasteiger partial charge in [0.15, 0.2) is 6.10 Å². The number of esters is 1. The van der Waals surface area contributed by atoms with Crippen molar-refractivity contribution >= 4 is 5.97 Å². The number of rotatable bonds is 15. The molecule has 3 atom stereocenters. The molecule has 2 aromatic carbocycles. The van der Waals surface area contributed by atoms with E-state index in [9.17, 15) is 18.0 Å². The SMILES string of the molecule is CCCCCCOc1ccc(-c2ccc(C(=O)O[C@H]3CC[C@H](OCCCCCC)[C@@H](C(F)(F)F)O3)cc2)cc1. The molecule has 0 radical (unpaired) electrons. The monoisotopic (exact) mass is 550 g/mol. The van der Waals surface area contributed by atoms with Gasteiger partial charge in [0, 0.05) is 13.0 Å². The van der Waals surface area contributed by atoms with Gasteiger partial charge in [0.05, 0.1) is 18.3 Å². The largest absolute Gasteiger partial charge is 0.494 e. The Bertz CT molecular complexity index is 975. The zero-order valence-electron chi connectivity index (χ0n) is 23.0. The normalized spacial score (nSPS) is 19.6. The molecule has 8 heteroatoms. The maximum Gasteiger partial charge on any atom is 0.417 e. The van der Waals surface area contributed by atoms with Gasteiger partial charge in [-0.1, -0.05) is 76.6 Å². The third-order valence-corrected chi connectivity index (χ3v) is 6.79. The third-order valence-electron chi connectivity index (χ3n) is 6.79. The summed E-state index contributed by atoms with van der Waals surface area (Å²) in [7, 11) is 0. The summed E-state index contributed by atoms with van der Waals surface area (Å²) in [5.74, 6) is 0.0856. The highest BCUT2D eigenvalue weighted by Gasteiger charge is 2.50. The summed E-state index contributed by atoms with van der Waals surface area (Å²) in [5, 5.41) is 0. The number of carbonyl (C=O) groups is 1. The Labute approximate surface area is 230 Å². The minimum absolute atomic E-state index is 0.104. The molecule has 0 spiro atoms. The lowest BCUT2D eigenvalue weighted by Gasteiger charge is -2.36. The fourth-order valence-corrected chi connectivity index (χ4v) is 4.53. The highest BCUT2D eigenvalue weighted by molar-refractivity contribution is 5.90. The van der Waals surface area contributed by atoms with Crippen molar-refractivity contribution in [2.24, 2.45) is 0 Å². The highest BCUT2D eigenvalue weighted by atomic mass is 19.4. The van der Waals surface area contributed by atoms with Crippen LogP contribution in [0.5, 0.6) is 5.75 Å². The van der Waals surface area contributed by atoms with Crippen molar-refractivity contribution in [3.8, 4) is 16.9 Å². The highest BCUT2D eigenvalue weighted by Crippen LogP contribution is 2.35. The van der Waals surface area contributed by atoms with Crippen LogP contribution in [0, 0.1) is 0 Å². The molecule has 0 bridgehead atoms. The topological polar surface area (TPSA) is 54.0 Å². The van der Waals surface area contributed by atoms with Crippen LogP contribution < -0.4 is 4.74 Å². The Hall–Kier alpha value is -2.58. The lowest BCUT2D eigenvalue weighted by atomic mass is 10.0. The standard InChI is InChI=1S/C31H41F3O5/c1-3-5-7-9-21-36-26-17-15-24(16-18-26)23-11-13-25(14-12-23)30(35)39-28-20-19-27(29(38-28)31(32,33)34)37-22-10-8-6-4-2/h11-18,27-29H,3-10,19-22H2,1-2H3/t27-,28-,29-/m0/s1. The number of unbranched alkanes of at least 4 members (excludes halogenated alkanes) is 6. The fraction of sp³-hybridized carbons (Fsp3) is 0.581. The molecule has 0 unspecified atom stereocenters.